The van der Waals surface area contributed by atoms with Gasteiger partial charge in [0.05, 0.1) is 34.5 Å². The van der Waals surface area contributed by atoms with Gasteiger partial charge in [0.1, 0.15) is 5.92 Å². The number of hydrogen-bond donors (Lipinski definition) is 1. The molecule has 0 aromatic heterocycles. The normalized spacial score (nSPS) is 17.0. The Hall–Kier alpha value is -3.57. The van der Waals surface area contributed by atoms with Crippen molar-refractivity contribution >= 4 is 32.0 Å². The topological polar surface area (TPSA) is 113 Å². The molecule has 0 unspecified atom stereocenters. The summed E-state index contributed by atoms with van der Waals surface area (Å²) in [4.78, 5) is 41.6. The van der Waals surface area contributed by atoms with Gasteiger partial charge in [-0.25, -0.2) is 4.79 Å². The molecule has 1 N–H and O–H groups in total. The zero-order valence-corrected chi connectivity index (χ0v) is 26.5. The van der Waals surface area contributed by atoms with E-state index in [1.807, 2.05) is 0 Å². The van der Waals surface area contributed by atoms with Gasteiger partial charge in [0.25, 0.3) is 5.91 Å². The van der Waals surface area contributed by atoms with E-state index >= 15 is 0 Å². The Morgan fingerprint density at radius 2 is 1.59 bits per heavy atom. The van der Waals surface area contributed by atoms with Gasteiger partial charge in [0, 0.05) is 24.4 Å². The first-order valence-corrected chi connectivity index (χ1v) is 16.4. The highest BCUT2D eigenvalue weighted by molar-refractivity contribution is 6.74. The number of anilines is 1. The summed E-state index contributed by atoms with van der Waals surface area (Å²) in [6.45, 7) is 11.6. The number of nitrogens with one attached hydrogen (secondary N) is 1. The molecule has 3 rings (SSSR count). The quantitative estimate of drug-likeness (QED) is 0.213. The van der Waals surface area contributed by atoms with E-state index in [1.54, 1.807) is 41.3 Å². The Bertz CT molecular complexity index is 1270. The van der Waals surface area contributed by atoms with Crippen LogP contribution in [-0.2, 0) is 18.7 Å². The molecule has 0 bridgehead atoms. The number of hydrogen-bond acceptors (Lipinski definition) is 8. The van der Waals surface area contributed by atoms with Crippen LogP contribution in [0.15, 0.2) is 36.4 Å². The smallest absolute Gasteiger partial charge is 0.411 e. The average Bonchev–Trinajstić information content (AvgIpc) is 2.94. The van der Waals surface area contributed by atoms with Crippen molar-refractivity contribution in [3.05, 3.63) is 53.1 Å². The van der Waals surface area contributed by atoms with E-state index in [1.165, 1.54) is 28.4 Å². The number of carbonyl (C=O) groups excluding carboxylic acids is 3. The minimum absolute atomic E-state index is 0.0412. The number of ether oxygens (including phenoxy) is 4. The number of carbonyl (C=O) groups is 3. The molecule has 224 valence electrons. The van der Waals surface area contributed by atoms with Gasteiger partial charge in [-0.3, -0.25) is 14.9 Å². The van der Waals surface area contributed by atoms with Gasteiger partial charge in [-0.1, -0.05) is 39.0 Å². The molecule has 1 aliphatic rings. The van der Waals surface area contributed by atoms with Crippen molar-refractivity contribution in [2.24, 2.45) is 0 Å². The Kier molecular flexibility index (Phi) is 10.1. The molecular weight excluding hydrogens is 544 g/mol. The number of amides is 2. The number of methoxy groups -OCH3 is 4. The first kappa shape index (κ1) is 31.9. The summed E-state index contributed by atoms with van der Waals surface area (Å²) in [5.74, 6) is -0.994. The molecule has 1 aliphatic heterocycles. The SMILES string of the molecule is COC(=O)Nc1ccccc1[C@@H]1[C@@H](C(=O)OC)c2cc(OC)c(OC)cc2C(=O)N1CCCO[Si](C)(C)C(C)(C)C. The van der Waals surface area contributed by atoms with Gasteiger partial charge in [0.15, 0.2) is 19.8 Å². The molecule has 0 saturated heterocycles. The van der Waals surface area contributed by atoms with E-state index in [2.05, 4.69) is 39.2 Å². The lowest BCUT2D eigenvalue weighted by molar-refractivity contribution is -0.144. The largest absolute Gasteiger partial charge is 0.493 e. The van der Waals surface area contributed by atoms with Crippen molar-refractivity contribution in [2.45, 2.75) is 57.3 Å². The van der Waals surface area contributed by atoms with Crippen LogP contribution in [0.4, 0.5) is 10.5 Å². The molecule has 0 aliphatic carbocycles. The molecule has 2 amide bonds. The lowest BCUT2D eigenvalue weighted by atomic mass is 9.78. The minimum atomic E-state index is -2.01. The zero-order chi connectivity index (χ0) is 30.5. The fourth-order valence-corrected chi connectivity index (χ4v) is 5.84. The molecule has 41 heavy (non-hydrogen) atoms. The molecule has 11 heteroatoms. The van der Waals surface area contributed by atoms with E-state index in [9.17, 15) is 14.4 Å². The first-order chi connectivity index (χ1) is 19.3. The van der Waals surface area contributed by atoms with Gasteiger partial charge in [-0.15, -0.1) is 0 Å². The fraction of sp³-hybridized carbons (Fsp3) is 0.500. The fourth-order valence-electron chi connectivity index (χ4n) is 4.75. The maximum Gasteiger partial charge on any atom is 0.411 e. The third-order valence-electron chi connectivity index (χ3n) is 8.00. The third kappa shape index (κ3) is 6.67. The second-order valence-electron chi connectivity index (χ2n) is 11.4. The standard InChI is InChI=1S/C30H42N2O8Si/c1-30(2,3)41(8,9)40-16-12-15-32-26(19-13-10-11-14-22(19)31-29(35)39-7)25(28(34)38-6)20-17-23(36-4)24(37-5)18-21(20)27(32)33/h10-11,13-14,17-18,25-26H,12,15-16H2,1-9H3,(H,31,35)/t25-,26+/m0/s1. The summed E-state index contributed by atoms with van der Waals surface area (Å²) in [6, 6.07) is 9.47. The van der Waals surface area contributed by atoms with E-state index in [0.29, 0.717) is 53.4 Å². The summed E-state index contributed by atoms with van der Waals surface area (Å²) in [5, 5.41) is 2.77. The van der Waals surface area contributed by atoms with E-state index < -0.39 is 32.3 Å². The highest BCUT2D eigenvalue weighted by atomic mass is 28.4. The van der Waals surface area contributed by atoms with E-state index in [-0.39, 0.29) is 10.9 Å². The molecule has 2 aromatic carbocycles. The summed E-state index contributed by atoms with van der Waals surface area (Å²) in [5.41, 5.74) is 1.74. The lowest BCUT2D eigenvalue weighted by Crippen LogP contribution is -2.46. The maximum atomic E-state index is 14.2. The summed E-state index contributed by atoms with van der Waals surface area (Å²) in [7, 11) is 3.55. The van der Waals surface area contributed by atoms with Crippen molar-refractivity contribution in [1.82, 2.24) is 4.90 Å². The van der Waals surface area contributed by atoms with Crippen molar-refractivity contribution in [3.63, 3.8) is 0 Å². The summed E-state index contributed by atoms with van der Waals surface area (Å²) in [6.07, 6.45) is -0.131. The van der Waals surface area contributed by atoms with Crippen LogP contribution in [-0.4, -0.2) is 72.8 Å². The molecule has 2 aromatic rings. The molecule has 0 fully saturated rings. The van der Waals surface area contributed by atoms with Gasteiger partial charge < -0.3 is 28.3 Å². The van der Waals surface area contributed by atoms with E-state index in [0.717, 1.165) is 0 Å². The number of rotatable bonds is 10. The maximum absolute atomic E-state index is 14.2. The third-order valence-corrected chi connectivity index (χ3v) is 12.5. The Balaban J connectivity index is 2.16. The van der Waals surface area contributed by atoms with Gasteiger partial charge >= 0.3 is 12.1 Å². The van der Waals surface area contributed by atoms with Crippen molar-refractivity contribution in [2.75, 3.05) is 46.9 Å². The molecular formula is C30H42N2O8Si. The molecule has 0 spiro atoms. The Labute approximate surface area is 243 Å². The number of nitrogens with zero attached hydrogens (tertiary/aromatic N) is 1. The van der Waals surface area contributed by atoms with Gasteiger partial charge in [-0.05, 0) is 53.9 Å². The molecule has 1 heterocycles. The number of esters is 1. The molecule has 0 radical (unpaired) electrons. The first-order valence-electron chi connectivity index (χ1n) is 13.5. The van der Waals surface area contributed by atoms with Crippen molar-refractivity contribution in [3.8, 4) is 11.5 Å². The van der Waals surface area contributed by atoms with Crippen LogP contribution in [0.5, 0.6) is 11.5 Å². The van der Waals surface area contributed by atoms with Crippen molar-refractivity contribution in [1.29, 1.82) is 0 Å². The summed E-state index contributed by atoms with van der Waals surface area (Å²) < 4.78 is 27.5. The number of fused-ring (bicyclic) bond motifs is 1. The minimum Gasteiger partial charge on any atom is -0.493 e. The predicted molar refractivity (Wildman–Crippen MR) is 158 cm³/mol. The van der Waals surface area contributed by atoms with Crippen LogP contribution in [0.2, 0.25) is 18.1 Å². The summed E-state index contributed by atoms with van der Waals surface area (Å²) >= 11 is 0. The number of para-hydroxylation sites is 1. The van der Waals surface area contributed by atoms with Crippen LogP contribution in [0.3, 0.4) is 0 Å². The van der Waals surface area contributed by atoms with Crippen LogP contribution in [0.25, 0.3) is 0 Å². The lowest BCUT2D eigenvalue weighted by Gasteiger charge is -2.42. The second kappa shape index (κ2) is 12.9. The highest BCUT2D eigenvalue weighted by Crippen LogP contribution is 2.48. The van der Waals surface area contributed by atoms with Crippen LogP contribution in [0.1, 0.15) is 60.6 Å². The highest BCUT2D eigenvalue weighted by Gasteiger charge is 2.46. The van der Waals surface area contributed by atoms with E-state index in [4.69, 9.17) is 23.4 Å². The molecule has 0 saturated carbocycles. The Morgan fingerprint density at radius 3 is 2.17 bits per heavy atom. The molecule has 2 atom stereocenters. The van der Waals surface area contributed by atoms with Gasteiger partial charge in [-0.2, -0.15) is 0 Å². The predicted octanol–water partition coefficient (Wildman–Crippen LogP) is 5.75. The molecule has 10 nitrogen and oxygen atoms in total. The second-order valence-corrected chi connectivity index (χ2v) is 16.2. The number of benzene rings is 2. The zero-order valence-electron chi connectivity index (χ0n) is 25.5. The van der Waals surface area contributed by atoms with Crippen LogP contribution in [0, 0.1) is 0 Å². The average molecular weight is 587 g/mol. The monoisotopic (exact) mass is 586 g/mol. The van der Waals surface area contributed by atoms with Crippen LogP contribution < -0.4 is 14.8 Å². The van der Waals surface area contributed by atoms with Gasteiger partial charge in [0.2, 0.25) is 0 Å². The van der Waals surface area contributed by atoms with Crippen LogP contribution >= 0.6 is 0 Å². The van der Waals surface area contributed by atoms with Crippen molar-refractivity contribution < 1.29 is 37.8 Å². The Morgan fingerprint density at radius 1 is 0.951 bits per heavy atom.